The van der Waals surface area contributed by atoms with E-state index in [1.807, 2.05) is 0 Å². The number of carbonyl (C=O) groups excluding carboxylic acids is 2. The van der Waals surface area contributed by atoms with Crippen molar-refractivity contribution in [1.82, 2.24) is 0 Å². The molecule has 2 rings (SSSR count). The van der Waals surface area contributed by atoms with Gasteiger partial charge < -0.3 is 15.8 Å². The van der Waals surface area contributed by atoms with E-state index in [9.17, 15) is 14.0 Å². The highest BCUT2D eigenvalue weighted by atomic mass is 19.1. The van der Waals surface area contributed by atoms with Gasteiger partial charge in [-0.15, -0.1) is 0 Å². The zero-order valence-electron chi connectivity index (χ0n) is 9.83. The molecule has 0 aromatic heterocycles. The van der Waals surface area contributed by atoms with Gasteiger partial charge in [0.15, 0.2) is 0 Å². The van der Waals surface area contributed by atoms with Crippen LogP contribution in [0.15, 0.2) is 18.2 Å². The lowest BCUT2D eigenvalue weighted by Gasteiger charge is -2.14. The predicted molar refractivity (Wildman–Crippen MR) is 62.4 cm³/mol. The van der Waals surface area contributed by atoms with Crippen molar-refractivity contribution in [2.45, 2.75) is 12.8 Å². The minimum Gasteiger partial charge on any atom is -0.494 e. The summed E-state index contributed by atoms with van der Waals surface area (Å²) in [6, 6.07) is 3.73. The van der Waals surface area contributed by atoms with Crippen molar-refractivity contribution in [3.8, 4) is 5.75 Å². The Hall–Kier alpha value is -2.11. The molecule has 0 spiro atoms. The van der Waals surface area contributed by atoms with Crippen molar-refractivity contribution in [1.29, 1.82) is 0 Å². The summed E-state index contributed by atoms with van der Waals surface area (Å²) in [6.45, 7) is 0. The predicted octanol–water partition coefficient (Wildman–Crippen LogP) is 1.04. The zero-order valence-corrected chi connectivity index (χ0v) is 9.83. The minimum atomic E-state index is -1.11. The van der Waals surface area contributed by atoms with Crippen LogP contribution in [0.25, 0.3) is 0 Å². The van der Waals surface area contributed by atoms with Crippen molar-refractivity contribution >= 4 is 17.5 Å². The number of anilines is 1. The summed E-state index contributed by atoms with van der Waals surface area (Å²) in [5.41, 5.74) is 4.40. The van der Waals surface area contributed by atoms with Gasteiger partial charge in [-0.05, 0) is 25.0 Å². The molecule has 1 aliphatic rings. The van der Waals surface area contributed by atoms with Gasteiger partial charge in [-0.25, -0.2) is 4.39 Å². The summed E-state index contributed by atoms with van der Waals surface area (Å²) in [5.74, 6) is -1.38. The molecule has 3 N–H and O–H groups in total. The topological polar surface area (TPSA) is 81.4 Å². The van der Waals surface area contributed by atoms with Gasteiger partial charge >= 0.3 is 0 Å². The molecule has 0 aliphatic heterocycles. The maximum atomic E-state index is 13.0. The van der Waals surface area contributed by atoms with Gasteiger partial charge in [-0.3, -0.25) is 9.59 Å². The van der Waals surface area contributed by atoms with Crippen molar-refractivity contribution in [3.63, 3.8) is 0 Å². The van der Waals surface area contributed by atoms with Gasteiger partial charge in [0.25, 0.3) is 0 Å². The monoisotopic (exact) mass is 252 g/mol. The molecule has 1 aliphatic carbocycles. The number of hydrogen-bond donors (Lipinski definition) is 2. The van der Waals surface area contributed by atoms with Gasteiger partial charge in [0.05, 0.1) is 12.8 Å². The smallest absolute Gasteiger partial charge is 0.240 e. The van der Waals surface area contributed by atoms with Crippen LogP contribution in [-0.4, -0.2) is 18.9 Å². The second-order valence-corrected chi connectivity index (χ2v) is 4.25. The van der Waals surface area contributed by atoms with Crippen molar-refractivity contribution in [2.75, 3.05) is 12.4 Å². The van der Waals surface area contributed by atoms with Crippen LogP contribution < -0.4 is 15.8 Å². The summed E-state index contributed by atoms with van der Waals surface area (Å²) in [6.07, 6.45) is 0.884. The minimum absolute atomic E-state index is 0.198. The molecule has 18 heavy (non-hydrogen) atoms. The van der Waals surface area contributed by atoms with E-state index in [0.29, 0.717) is 18.5 Å². The lowest BCUT2D eigenvalue weighted by molar-refractivity contribution is -0.132. The Morgan fingerprint density at radius 1 is 1.44 bits per heavy atom. The number of ether oxygens (including phenoxy) is 1. The van der Waals surface area contributed by atoms with Gasteiger partial charge in [-0.2, -0.15) is 0 Å². The van der Waals surface area contributed by atoms with Gasteiger partial charge in [0, 0.05) is 6.07 Å². The average molecular weight is 252 g/mol. The zero-order chi connectivity index (χ0) is 13.3. The lowest BCUT2D eigenvalue weighted by atomic mass is 10.1. The molecule has 1 aromatic rings. The Balaban J connectivity index is 2.20. The number of nitrogens with two attached hydrogens (primary N) is 1. The molecule has 0 bridgehead atoms. The largest absolute Gasteiger partial charge is 0.494 e. The number of nitrogens with one attached hydrogen (secondary N) is 1. The van der Waals surface area contributed by atoms with Gasteiger partial charge in [0.1, 0.15) is 17.0 Å². The van der Waals surface area contributed by atoms with E-state index in [4.69, 9.17) is 10.5 Å². The van der Waals surface area contributed by atoms with Gasteiger partial charge in [0.2, 0.25) is 11.8 Å². The molecule has 1 saturated carbocycles. The first-order valence-corrected chi connectivity index (χ1v) is 5.44. The van der Waals surface area contributed by atoms with Crippen molar-refractivity contribution in [2.24, 2.45) is 11.1 Å². The summed E-state index contributed by atoms with van der Waals surface area (Å²) in [7, 11) is 1.37. The highest BCUT2D eigenvalue weighted by Gasteiger charge is 2.55. The van der Waals surface area contributed by atoms with Crippen LogP contribution in [0.3, 0.4) is 0 Å². The van der Waals surface area contributed by atoms with E-state index in [0.717, 1.165) is 6.07 Å². The molecule has 2 amide bonds. The number of rotatable bonds is 4. The molecule has 1 aromatic carbocycles. The third kappa shape index (κ3) is 2.01. The third-order valence-corrected chi connectivity index (χ3v) is 3.07. The molecule has 0 radical (unpaired) electrons. The van der Waals surface area contributed by atoms with Crippen LogP contribution in [0.5, 0.6) is 5.75 Å². The van der Waals surface area contributed by atoms with E-state index in [1.165, 1.54) is 19.2 Å². The first kappa shape index (κ1) is 12.3. The van der Waals surface area contributed by atoms with E-state index >= 15 is 0 Å². The summed E-state index contributed by atoms with van der Waals surface area (Å²) in [4.78, 5) is 23.1. The van der Waals surface area contributed by atoms with E-state index < -0.39 is 23.0 Å². The number of amides is 2. The molecule has 0 heterocycles. The summed E-state index contributed by atoms with van der Waals surface area (Å²) in [5, 5.41) is 2.54. The number of benzene rings is 1. The Bertz CT molecular complexity index is 512. The molecule has 96 valence electrons. The molecule has 0 unspecified atom stereocenters. The van der Waals surface area contributed by atoms with E-state index in [-0.39, 0.29) is 5.75 Å². The fourth-order valence-electron chi connectivity index (χ4n) is 1.72. The Morgan fingerprint density at radius 3 is 2.61 bits per heavy atom. The molecule has 6 heteroatoms. The van der Waals surface area contributed by atoms with Crippen LogP contribution in [-0.2, 0) is 9.59 Å². The third-order valence-electron chi connectivity index (χ3n) is 3.07. The van der Waals surface area contributed by atoms with Crippen LogP contribution >= 0.6 is 0 Å². The average Bonchev–Trinajstić information content (AvgIpc) is 3.12. The normalized spacial score (nSPS) is 15.9. The number of carbonyl (C=O) groups is 2. The standard InChI is InChI=1S/C12H13FN2O3/c1-18-9-6-7(13)2-3-8(9)15-11(17)12(4-5-12)10(14)16/h2-3,6H,4-5H2,1H3,(H2,14,16)(H,15,17). The summed E-state index contributed by atoms with van der Waals surface area (Å²) >= 11 is 0. The van der Waals surface area contributed by atoms with Gasteiger partial charge in [-0.1, -0.05) is 0 Å². The quantitative estimate of drug-likeness (QED) is 0.785. The fraction of sp³-hybridized carbons (Fsp3) is 0.333. The second-order valence-electron chi connectivity index (χ2n) is 4.25. The van der Waals surface area contributed by atoms with E-state index in [2.05, 4.69) is 5.32 Å². The lowest BCUT2D eigenvalue weighted by Crippen LogP contribution is -2.36. The SMILES string of the molecule is COc1cc(F)ccc1NC(=O)C1(C(N)=O)CC1. The van der Waals surface area contributed by atoms with E-state index in [1.54, 1.807) is 0 Å². The second kappa shape index (κ2) is 4.29. The number of hydrogen-bond acceptors (Lipinski definition) is 3. The van der Waals surface area contributed by atoms with Crippen LogP contribution in [0.1, 0.15) is 12.8 Å². The highest BCUT2D eigenvalue weighted by Crippen LogP contribution is 2.46. The fourth-order valence-corrected chi connectivity index (χ4v) is 1.72. The molecule has 1 fully saturated rings. The Morgan fingerprint density at radius 2 is 2.11 bits per heavy atom. The van der Waals surface area contributed by atoms with Crippen LogP contribution in [0.4, 0.5) is 10.1 Å². The molecular weight excluding hydrogens is 239 g/mol. The first-order valence-electron chi connectivity index (χ1n) is 5.44. The molecule has 0 saturated heterocycles. The van der Waals surface area contributed by atoms with Crippen LogP contribution in [0.2, 0.25) is 0 Å². The first-order chi connectivity index (χ1) is 8.49. The van der Waals surface area contributed by atoms with Crippen molar-refractivity contribution < 1.29 is 18.7 Å². The molecule has 5 nitrogen and oxygen atoms in total. The Kier molecular flexibility index (Phi) is 2.94. The highest BCUT2D eigenvalue weighted by molar-refractivity contribution is 6.12. The van der Waals surface area contributed by atoms with Crippen LogP contribution in [0, 0.1) is 11.2 Å². The Labute approximate surface area is 103 Å². The number of methoxy groups -OCH3 is 1. The number of primary amides is 1. The van der Waals surface area contributed by atoms with Crippen molar-refractivity contribution in [3.05, 3.63) is 24.0 Å². The summed E-state index contributed by atoms with van der Waals surface area (Å²) < 4.78 is 17.9. The maximum absolute atomic E-state index is 13.0. The maximum Gasteiger partial charge on any atom is 0.240 e. The molecular formula is C12H13FN2O3. The number of halogens is 1. The molecule has 0 atom stereocenters.